The lowest BCUT2D eigenvalue weighted by molar-refractivity contribution is 0.179. The minimum absolute atomic E-state index is 0.141. The maximum atomic E-state index is 5.21. The highest BCUT2D eigenvalue weighted by atomic mass is 16.5. The van der Waals surface area contributed by atoms with Crippen molar-refractivity contribution < 1.29 is 4.74 Å². The maximum absolute atomic E-state index is 5.21. The number of allylic oxidation sites excluding steroid dienone is 2. The molecular weight excluding hydrogens is 352 g/mol. The lowest BCUT2D eigenvalue weighted by Gasteiger charge is -2.28. The Morgan fingerprint density at radius 1 is 1.32 bits per heavy atom. The zero-order valence-electron chi connectivity index (χ0n) is 16.3. The number of methoxy groups -OCH3 is 1. The van der Waals surface area contributed by atoms with Gasteiger partial charge in [-0.1, -0.05) is 30.4 Å². The van der Waals surface area contributed by atoms with Gasteiger partial charge in [-0.2, -0.15) is 0 Å². The van der Waals surface area contributed by atoms with Crippen molar-refractivity contribution >= 4 is 10.9 Å². The number of tetrazole rings is 1. The summed E-state index contributed by atoms with van der Waals surface area (Å²) in [5, 5.41) is 17.5. The van der Waals surface area contributed by atoms with Crippen LogP contribution in [0.15, 0.2) is 42.6 Å². The van der Waals surface area contributed by atoms with Crippen molar-refractivity contribution in [3.05, 3.63) is 54.0 Å². The second kappa shape index (κ2) is 9.12. The van der Waals surface area contributed by atoms with Crippen LogP contribution in [0.1, 0.15) is 36.7 Å². The van der Waals surface area contributed by atoms with Crippen molar-refractivity contribution in [2.24, 2.45) is 5.92 Å². The van der Waals surface area contributed by atoms with Crippen LogP contribution in [-0.2, 0) is 17.7 Å². The van der Waals surface area contributed by atoms with E-state index in [2.05, 4.69) is 68.4 Å². The fourth-order valence-corrected chi connectivity index (χ4v) is 4.06. The van der Waals surface area contributed by atoms with Crippen LogP contribution >= 0.6 is 0 Å². The molecule has 0 saturated carbocycles. The molecule has 7 nitrogen and oxygen atoms in total. The van der Waals surface area contributed by atoms with E-state index in [9.17, 15) is 0 Å². The van der Waals surface area contributed by atoms with Crippen molar-refractivity contribution in [1.82, 2.24) is 30.5 Å². The van der Waals surface area contributed by atoms with Gasteiger partial charge in [0.2, 0.25) is 0 Å². The number of ether oxygens (including phenoxy) is 1. The fraction of sp³-hybridized carbons (Fsp3) is 0.476. The van der Waals surface area contributed by atoms with E-state index in [-0.39, 0.29) is 6.04 Å². The number of fused-ring (bicyclic) bond motifs is 1. The lowest BCUT2D eigenvalue weighted by atomic mass is 9.87. The van der Waals surface area contributed by atoms with Crippen LogP contribution < -0.4 is 5.32 Å². The Hall–Kier alpha value is -2.51. The fourth-order valence-electron chi connectivity index (χ4n) is 4.06. The zero-order valence-corrected chi connectivity index (χ0v) is 16.3. The first-order valence-corrected chi connectivity index (χ1v) is 10.0. The molecule has 0 unspecified atom stereocenters. The highest BCUT2D eigenvalue weighted by Gasteiger charge is 2.28. The van der Waals surface area contributed by atoms with Crippen LogP contribution in [0.4, 0.5) is 0 Å². The summed E-state index contributed by atoms with van der Waals surface area (Å²) in [6.45, 7) is 2.15. The molecule has 7 heteroatoms. The smallest absolute Gasteiger partial charge is 0.168 e. The molecule has 28 heavy (non-hydrogen) atoms. The summed E-state index contributed by atoms with van der Waals surface area (Å²) in [5.41, 5.74) is 2.53. The average molecular weight is 380 g/mol. The number of nitrogens with one attached hydrogen (secondary N) is 2. The second-order valence-corrected chi connectivity index (χ2v) is 7.34. The summed E-state index contributed by atoms with van der Waals surface area (Å²) >= 11 is 0. The Morgan fingerprint density at radius 2 is 2.25 bits per heavy atom. The molecule has 0 fully saturated rings. The molecule has 2 N–H and O–H groups in total. The molecule has 1 aliphatic carbocycles. The van der Waals surface area contributed by atoms with Crippen molar-refractivity contribution in [2.75, 3.05) is 20.3 Å². The van der Waals surface area contributed by atoms with Crippen LogP contribution in [0.25, 0.3) is 10.9 Å². The molecule has 0 saturated heterocycles. The third-order valence-electron chi connectivity index (χ3n) is 5.56. The minimum atomic E-state index is 0.141. The summed E-state index contributed by atoms with van der Waals surface area (Å²) in [4.78, 5) is 3.36. The molecule has 2 atom stereocenters. The lowest BCUT2D eigenvalue weighted by Crippen LogP contribution is -2.33. The molecule has 2 heterocycles. The van der Waals surface area contributed by atoms with Crippen LogP contribution in [0.5, 0.6) is 0 Å². The number of para-hydroxylation sites is 1. The van der Waals surface area contributed by atoms with Crippen molar-refractivity contribution in [3.63, 3.8) is 0 Å². The molecule has 0 spiro atoms. The third kappa shape index (κ3) is 4.15. The number of benzene rings is 1. The van der Waals surface area contributed by atoms with Gasteiger partial charge in [0.1, 0.15) is 0 Å². The van der Waals surface area contributed by atoms with Gasteiger partial charge >= 0.3 is 0 Å². The van der Waals surface area contributed by atoms with E-state index in [1.807, 2.05) is 4.68 Å². The first-order valence-electron chi connectivity index (χ1n) is 10.0. The van der Waals surface area contributed by atoms with Crippen molar-refractivity contribution in [3.8, 4) is 0 Å². The normalized spacial score (nSPS) is 18.0. The second-order valence-electron chi connectivity index (χ2n) is 7.34. The number of rotatable bonds is 9. The first kappa shape index (κ1) is 18.8. The van der Waals surface area contributed by atoms with Crippen LogP contribution in [0.2, 0.25) is 0 Å². The van der Waals surface area contributed by atoms with Crippen LogP contribution in [0.3, 0.4) is 0 Å². The number of H-pyrrole nitrogens is 1. The van der Waals surface area contributed by atoms with E-state index in [0.717, 1.165) is 38.1 Å². The molecule has 0 radical (unpaired) electrons. The van der Waals surface area contributed by atoms with Gasteiger partial charge in [-0.3, -0.25) is 0 Å². The molecule has 148 valence electrons. The van der Waals surface area contributed by atoms with Gasteiger partial charge in [-0.15, -0.1) is 5.10 Å². The number of aromatic amines is 1. The Morgan fingerprint density at radius 3 is 3.11 bits per heavy atom. The standard InChI is InChI=1S/C21H28N6O/c1-28-14-13-27-21(24-25-26-27)20(16-7-3-2-4-8-16)22-12-11-17-15-23-19-10-6-5-9-18(17)19/h2-3,5-6,9-10,15-16,20,22-23H,4,7-8,11-14H2,1H3/t16-,20+/m1/s1. The predicted octanol–water partition coefficient (Wildman–Crippen LogP) is 3.03. The topological polar surface area (TPSA) is 80.7 Å². The summed E-state index contributed by atoms with van der Waals surface area (Å²) in [7, 11) is 1.70. The molecule has 2 aromatic heterocycles. The summed E-state index contributed by atoms with van der Waals surface area (Å²) in [6, 6.07) is 8.59. The highest BCUT2D eigenvalue weighted by molar-refractivity contribution is 5.83. The molecular formula is C21H28N6O. The summed E-state index contributed by atoms with van der Waals surface area (Å²) < 4.78 is 7.10. The van der Waals surface area contributed by atoms with Gasteiger partial charge in [0.15, 0.2) is 5.82 Å². The molecule has 1 aromatic carbocycles. The highest BCUT2D eigenvalue weighted by Crippen LogP contribution is 2.30. The molecule has 3 aromatic rings. The zero-order chi connectivity index (χ0) is 19.2. The molecule has 0 bridgehead atoms. The maximum Gasteiger partial charge on any atom is 0.168 e. The van der Waals surface area contributed by atoms with Crippen LogP contribution in [-0.4, -0.2) is 45.5 Å². The van der Waals surface area contributed by atoms with E-state index in [0.29, 0.717) is 19.1 Å². The minimum Gasteiger partial charge on any atom is -0.383 e. The number of nitrogens with zero attached hydrogens (tertiary/aromatic N) is 4. The molecule has 0 aliphatic heterocycles. The van der Waals surface area contributed by atoms with Crippen molar-refractivity contribution in [2.45, 2.75) is 38.3 Å². The van der Waals surface area contributed by atoms with Gasteiger partial charge in [0, 0.05) is 24.2 Å². The van der Waals surface area contributed by atoms with Gasteiger partial charge in [-0.05, 0) is 60.2 Å². The van der Waals surface area contributed by atoms with Crippen LogP contribution in [0, 0.1) is 5.92 Å². The van der Waals surface area contributed by atoms with Gasteiger partial charge in [0.25, 0.3) is 0 Å². The van der Waals surface area contributed by atoms with Gasteiger partial charge in [0.05, 0.1) is 19.2 Å². The first-order chi connectivity index (χ1) is 13.9. The Labute approximate surface area is 165 Å². The SMILES string of the molecule is COCCn1nnnc1[C@@H](NCCc1c[nH]c2ccccc12)[C@@H]1CC=CCC1. The van der Waals surface area contributed by atoms with E-state index < -0.39 is 0 Å². The largest absolute Gasteiger partial charge is 0.383 e. The van der Waals surface area contributed by atoms with Gasteiger partial charge < -0.3 is 15.0 Å². The Balaban J connectivity index is 1.48. The van der Waals surface area contributed by atoms with E-state index in [1.165, 1.54) is 16.5 Å². The predicted molar refractivity (Wildman–Crippen MR) is 109 cm³/mol. The molecule has 1 aliphatic rings. The molecule has 0 amide bonds. The third-order valence-corrected chi connectivity index (χ3v) is 5.56. The van der Waals surface area contributed by atoms with Gasteiger partial charge in [-0.25, -0.2) is 4.68 Å². The van der Waals surface area contributed by atoms with Crippen molar-refractivity contribution in [1.29, 1.82) is 0 Å². The Kier molecular flexibility index (Phi) is 6.14. The van der Waals surface area contributed by atoms with E-state index >= 15 is 0 Å². The average Bonchev–Trinajstić information content (AvgIpc) is 3.37. The van der Waals surface area contributed by atoms with E-state index in [1.54, 1.807) is 7.11 Å². The molecule has 4 rings (SSSR count). The number of hydrogen-bond acceptors (Lipinski definition) is 5. The van der Waals surface area contributed by atoms with E-state index in [4.69, 9.17) is 4.74 Å². The quantitative estimate of drug-likeness (QED) is 0.558. The summed E-state index contributed by atoms with van der Waals surface area (Å²) in [5.74, 6) is 1.41. The number of aromatic nitrogens is 5. The number of hydrogen-bond donors (Lipinski definition) is 2. The Bertz CT molecular complexity index is 914. The monoisotopic (exact) mass is 380 g/mol. The summed E-state index contributed by atoms with van der Waals surface area (Å²) in [6.07, 6.45) is 11.0.